The molecule has 0 heterocycles. The Morgan fingerprint density at radius 2 is 2.25 bits per heavy atom. The number of nitriles is 1. The minimum Gasteiger partial charge on any atom is -0.497 e. The fourth-order valence-corrected chi connectivity index (χ4v) is 1.38. The molecule has 84 valence electrons. The molecular weight excluding hydrogens is 230 g/mol. The van der Waals surface area contributed by atoms with Crippen molar-refractivity contribution in [2.45, 2.75) is 6.92 Å². The van der Waals surface area contributed by atoms with E-state index in [-0.39, 0.29) is 22.8 Å². The molecule has 0 atom stereocenters. The van der Waals surface area contributed by atoms with Gasteiger partial charge in [0.2, 0.25) is 0 Å². The second-order valence-electron chi connectivity index (χ2n) is 2.87. The fraction of sp³-hybridized carbons (Fsp3) is 0.273. The van der Waals surface area contributed by atoms with Crippen molar-refractivity contribution in [1.82, 2.24) is 0 Å². The number of carbonyl (C=O) groups is 1. The molecule has 4 nitrogen and oxygen atoms in total. The zero-order chi connectivity index (χ0) is 12.1. The van der Waals surface area contributed by atoms with Gasteiger partial charge in [-0.15, -0.1) is 0 Å². The zero-order valence-corrected chi connectivity index (χ0v) is 9.67. The molecule has 0 aliphatic carbocycles. The molecule has 0 saturated heterocycles. The second-order valence-corrected chi connectivity index (χ2v) is 3.25. The Morgan fingerprint density at radius 3 is 2.75 bits per heavy atom. The Hall–Kier alpha value is -1.73. The SMILES string of the molecule is CCOC(=O)c1cc(OC)cc(C#N)c1Cl. The van der Waals surface area contributed by atoms with Crippen LogP contribution in [0.2, 0.25) is 5.02 Å². The average Bonchev–Trinajstić information content (AvgIpc) is 2.29. The number of benzene rings is 1. The average molecular weight is 240 g/mol. The summed E-state index contributed by atoms with van der Waals surface area (Å²) in [5, 5.41) is 8.92. The van der Waals surface area contributed by atoms with E-state index in [0.29, 0.717) is 5.75 Å². The van der Waals surface area contributed by atoms with Crippen LogP contribution in [0.1, 0.15) is 22.8 Å². The molecule has 0 saturated carbocycles. The highest BCUT2D eigenvalue weighted by Gasteiger charge is 2.16. The van der Waals surface area contributed by atoms with Gasteiger partial charge in [0.25, 0.3) is 0 Å². The van der Waals surface area contributed by atoms with Gasteiger partial charge >= 0.3 is 5.97 Å². The molecule has 0 unspecified atom stereocenters. The summed E-state index contributed by atoms with van der Waals surface area (Å²) in [6.45, 7) is 1.94. The van der Waals surface area contributed by atoms with Gasteiger partial charge in [-0.1, -0.05) is 11.6 Å². The predicted octanol–water partition coefficient (Wildman–Crippen LogP) is 2.40. The minimum absolute atomic E-state index is 0.0850. The molecular formula is C11H10ClNO3. The van der Waals surface area contributed by atoms with Crippen molar-refractivity contribution in [2.24, 2.45) is 0 Å². The highest BCUT2D eigenvalue weighted by atomic mass is 35.5. The number of ether oxygens (including phenoxy) is 2. The monoisotopic (exact) mass is 239 g/mol. The smallest absolute Gasteiger partial charge is 0.339 e. The normalized spacial score (nSPS) is 9.38. The van der Waals surface area contributed by atoms with Gasteiger partial charge in [0, 0.05) is 0 Å². The molecule has 0 fully saturated rings. The van der Waals surface area contributed by atoms with Crippen LogP contribution in [0.15, 0.2) is 12.1 Å². The van der Waals surface area contributed by atoms with Gasteiger partial charge < -0.3 is 9.47 Å². The number of hydrogen-bond donors (Lipinski definition) is 0. The van der Waals surface area contributed by atoms with E-state index >= 15 is 0 Å². The van der Waals surface area contributed by atoms with Crippen molar-refractivity contribution in [2.75, 3.05) is 13.7 Å². The molecule has 5 heteroatoms. The van der Waals surface area contributed by atoms with Crippen molar-refractivity contribution in [1.29, 1.82) is 5.26 Å². The minimum atomic E-state index is -0.567. The summed E-state index contributed by atoms with van der Waals surface area (Å²) >= 11 is 5.89. The third-order valence-electron chi connectivity index (χ3n) is 1.90. The van der Waals surface area contributed by atoms with Crippen LogP contribution >= 0.6 is 11.6 Å². The van der Waals surface area contributed by atoms with E-state index in [9.17, 15) is 4.79 Å². The van der Waals surface area contributed by atoms with Crippen LogP contribution in [0.4, 0.5) is 0 Å². The van der Waals surface area contributed by atoms with Gasteiger partial charge in [-0.2, -0.15) is 5.26 Å². The first-order valence-electron chi connectivity index (χ1n) is 4.58. The third kappa shape index (κ3) is 2.44. The van der Waals surface area contributed by atoms with Gasteiger partial charge in [0.1, 0.15) is 11.8 Å². The summed E-state index contributed by atoms with van der Waals surface area (Å²) in [7, 11) is 1.44. The van der Waals surface area contributed by atoms with Crippen molar-refractivity contribution in [3.8, 4) is 11.8 Å². The van der Waals surface area contributed by atoms with Crippen LogP contribution in [-0.4, -0.2) is 19.7 Å². The van der Waals surface area contributed by atoms with E-state index in [1.54, 1.807) is 6.92 Å². The maximum absolute atomic E-state index is 11.5. The lowest BCUT2D eigenvalue weighted by atomic mass is 10.1. The standard InChI is InChI=1S/C11H10ClNO3/c1-3-16-11(14)9-5-8(15-2)4-7(6-13)10(9)12/h4-5H,3H2,1-2H3. The number of halogens is 1. The quantitative estimate of drug-likeness (QED) is 0.760. The first-order valence-corrected chi connectivity index (χ1v) is 4.96. The number of nitrogens with zero attached hydrogens (tertiary/aromatic N) is 1. The van der Waals surface area contributed by atoms with Crippen LogP contribution in [-0.2, 0) is 4.74 Å². The van der Waals surface area contributed by atoms with Crippen LogP contribution in [0, 0.1) is 11.3 Å². The van der Waals surface area contributed by atoms with E-state index < -0.39 is 5.97 Å². The molecule has 1 aromatic rings. The summed E-state index contributed by atoms with van der Waals surface area (Å²) in [6.07, 6.45) is 0. The molecule has 1 rings (SSSR count). The lowest BCUT2D eigenvalue weighted by molar-refractivity contribution is 0.0526. The summed E-state index contributed by atoms with van der Waals surface area (Å²) in [5.74, 6) is -0.174. The molecule has 16 heavy (non-hydrogen) atoms. The van der Waals surface area contributed by atoms with E-state index in [0.717, 1.165) is 0 Å². The lowest BCUT2D eigenvalue weighted by Crippen LogP contribution is -2.06. The maximum atomic E-state index is 11.5. The zero-order valence-electron chi connectivity index (χ0n) is 8.91. The Balaban J connectivity index is 3.27. The number of esters is 1. The number of carbonyl (C=O) groups excluding carboxylic acids is 1. The highest BCUT2D eigenvalue weighted by Crippen LogP contribution is 2.27. The Bertz CT molecular complexity index is 451. The summed E-state index contributed by atoms with van der Waals surface area (Å²) in [6, 6.07) is 4.80. The van der Waals surface area contributed by atoms with Crippen molar-refractivity contribution in [3.05, 3.63) is 28.3 Å². The molecule has 0 aliphatic heterocycles. The van der Waals surface area contributed by atoms with Gasteiger partial charge in [0.15, 0.2) is 0 Å². The summed E-state index contributed by atoms with van der Waals surface area (Å²) in [5.41, 5.74) is 0.323. The Morgan fingerprint density at radius 1 is 1.56 bits per heavy atom. The number of hydrogen-bond acceptors (Lipinski definition) is 4. The first kappa shape index (κ1) is 12.3. The van der Waals surface area contributed by atoms with Crippen LogP contribution in [0.5, 0.6) is 5.75 Å². The van der Waals surface area contributed by atoms with Gasteiger partial charge in [-0.05, 0) is 19.1 Å². The van der Waals surface area contributed by atoms with Crippen molar-refractivity contribution >= 4 is 17.6 Å². The van der Waals surface area contributed by atoms with Crippen molar-refractivity contribution < 1.29 is 14.3 Å². The number of rotatable bonds is 3. The maximum Gasteiger partial charge on any atom is 0.339 e. The Labute approximate surface area is 98.3 Å². The van der Waals surface area contributed by atoms with E-state index in [1.807, 2.05) is 6.07 Å². The third-order valence-corrected chi connectivity index (χ3v) is 2.30. The van der Waals surface area contributed by atoms with Crippen LogP contribution < -0.4 is 4.74 Å². The van der Waals surface area contributed by atoms with E-state index in [4.69, 9.17) is 26.3 Å². The molecule has 0 bridgehead atoms. The van der Waals surface area contributed by atoms with E-state index in [1.165, 1.54) is 19.2 Å². The Kier molecular flexibility index (Phi) is 4.15. The second kappa shape index (κ2) is 5.38. The first-order chi connectivity index (χ1) is 7.63. The van der Waals surface area contributed by atoms with Crippen molar-refractivity contribution in [3.63, 3.8) is 0 Å². The molecule has 1 aromatic carbocycles. The van der Waals surface area contributed by atoms with Crippen LogP contribution in [0.25, 0.3) is 0 Å². The molecule has 0 amide bonds. The number of methoxy groups -OCH3 is 1. The molecule has 0 spiro atoms. The predicted molar refractivity (Wildman–Crippen MR) is 58.7 cm³/mol. The largest absolute Gasteiger partial charge is 0.497 e. The highest BCUT2D eigenvalue weighted by molar-refractivity contribution is 6.34. The summed E-state index contributed by atoms with van der Waals surface area (Å²) < 4.78 is 9.78. The topological polar surface area (TPSA) is 59.3 Å². The molecule has 0 aliphatic rings. The fourth-order valence-electron chi connectivity index (χ4n) is 1.15. The van der Waals surface area contributed by atoms with Gasteiger partial charge in [-0.25, -0.2) is 4.79 Å². The summed E-state index contributed by atoms with van der Waals surface area (Å²) in [4.78, 5) is 11.5. The van der Waals surface area contributed by atoms with Gasteiger partial charge in [0.05, 0.1) is 29.9 Å². The lowest BCUT2D eigenvalue weighted by Gasteiger charge is -2.07. The molecule has 0 radical (unpaired) electrons. The van der Waals surface area contributed by atoms with Gasteiger partial charge in [-0.3, -0.25) is 0 Å². The molecule has 0 aromatic heterocycles. The van der Waals surface area contributed by atoms with Crippen LogP contribution in [0.3, 0.4) is 0 Å². The van der Waals surface area contributed by atoms with E-state index in [2.05, 4.69) is 0 Å². The molecule has 0 N–H and O–H groups in total.